The number of benzene rings is 4. The molecule has 0 heterocycles. The van der Waals surface area contributed by atoms with Crippen LogP contribution in [0.2, 0.25) is 5.02 Å². The summed E-state index contributed by atoms with van der Waals surface area (Å²) in [5, 5.41) is 3.52. The molecule has 0 fully saturated rings. The Balaban J connectivity index is 1.55. The van der Waals surface area contributed by atoms with Gasteiger partial charge in [0.15, 0.2) is 0 Å². The maximum atomic E-state index is 13.9. The maximum absolute atomic E-state index is 13.9. The summed E-state index contributed by atoms with van der Waals surface area (Å²) < 4.78 is 29.1. The van der Waals surface area contributed by atoms with E-state index in [4.69, 9.17) is 11.6 Å². The fourth-order valence-corrected chi connectivity index (χ4v) is 6.50. The van der Waals surface area contributed by atoms with Crippen molar-refractivity contribution in [2.75, 3.05) is 16.6 Å². The highest BCUT2D eigenvalue weighted by molar-refractivity contribution is 7.98. The van der Waals surface area contributed by atoms with Crippen LogP contribution in [0.4, 0.5) is 5.69 Å². The number of sulfonamides is 1. The van der Waals surface area contributed by atoms with Crippen molar-refractivity contribution in [2.24, 2.45) is 0 Å². The molecule has 0 spiro atoms. The molecule has 0 saturated heterocycles. The van der Waals surface area contributed by atoms with Crippen LogP contribution in [0.25, 0.3) is 0 Å². The smallest absolute Gasteiger partial charge is 0.264 e. The fraction of sp³-hybridized carbons (Fsp3) is 0.194. The van der Waals surface area contributed by atoms with Crippen LogP contribution in [0.1, 0.15) is 32.6 Å². The van der Waals surface area contributed by atoms with Gasteiger partial charge in [-0.25, -0.2) is 8.42 Å². The van der Waals surface area contributed by atoms with Gasteiger partial charge in [-0.2, -0.15) is 11.8 Å². The van der Waals surface area contributed by atoms with E-state index in [1.54, 1.807) is 84.6 Å². The van der Waals surface area contributed by atoms with E-state index in [9.17, 15) is 13.2 Å². The quantitative estimate of drug-likeness (QED) is 0.194. The van der Waals surface area contributed by atoms with Gasteiger partial charge in [-0.1, -0.05) is 83.4 Å². The lowest BCUT2D eigenvalue weighted by molar-refractivity contribution is 0.0957. The number of halogens is 1. The lowest BCUT2D eigenvalue weighted by atomic mass is 10.1. The number of carbonyl (C=O) groups excluding carboxylic acids is 1. The van der Waals surface area contributed by atoms with Gasteiger partial charge >= 0.3 is 0 Å². The summed E-state index contributed by atoms with van der Waals surface area (Å²) >= 11 is 7.80. The van der Waals surface area contributed by atoms with Crippen LogP contribution in [-0.4, -0.2) is 26.6 Å². The SMILES string of the molecule is Cc1ccc(S(=O)(=O)N(Cc2ccc(Cl)cc2)c2ccccc2C(=O)NCCSCc2cccc(C)c2)cc1. The topological polar surface area (TPSA) is 66.5 Å². The van der Waals surface area contributed by atoms with Crippen molar-refractivity contribution in [1.82, 2.24) is 5.32 Å². The number of aryl methyl sites for hydroxylation is 2. The molecule has 202 valence electrons. The number of hydrogen-bond acceptors (Lipinski definition) is 4. The first-order valence-electron chi connectivity index (χ1n) is 12.6. The third-order valence-corrected chi connectivity index (χ3v) is 9.21. The second kappa shape index (κ2) is 13.2. The lowest BCUT2D eigenvalue weighted by Gasteiger charge is -2.27. The van der Waals surface area contributed by atoms with Gasteiger partial charge in [-0.15, -0.1) is 0 Å². The molecule has 0 unspecified atom stereocenters. The highest BCUT2D eigenvalue weighted by Crippen LogP contribution is 2.30. The molecule has 0 bridgehead atoms. The van der Waals surface area contributed by atoms with E-state index in [0.29, 0.717) is 22.8 Å². The monoisotopic (exact) mass is 578 g/mol. The first kappa shape index (κ1) is 28.7. The number of nitrogens with zero attached hydrogens (tertiary/aromatic N) is 1. The normalized spacial score (nSPS) is 11.3. The van der Waals surface area contributed by atoms with Gasteiger partial charge in [0.2, 0.25) is 0 Å². The summed E-state index contributed by atoms with van der Waals surface area (Å²) in [5.41, 5.74) is 4.79. The fourth-order valence-electron chi connectivity index (χ4n) is 4.10. The van der Waals surface area contributed by atoms with Gasteiger partial charge in [-0.3, -0.25) is 9.10 Å². The Labute approximate surface area is 240 Å². The van der Waals surface area contributed by atoms with Gasteiger partial charge in [0.1, 0.15) is 0 Å². The average molecular weight is 579 g/mol. The molecule has 0 atom stereocenters. The number of anilines is 1. The van der Waals surface area contributed by atoms with Crippen LogP contribution in [0.5, 0.6) is 0 Å². The van der Waals surface area contributed by atoms with Crippen molar-refractivity contribution in [3.63, 3.8) is 0 Å². The molecule has 0 saturated carbocycles. The number of hydrogen-bond donors (Lipinski definition) is 1. The molecule has 4 aromatic carbocycles. The number of nitrogens with one attached hydrogen (secondary N) is 1. The number of para-hydroxylation sites is 1. The Hall–Kier alpha value is -3.26. The number of carbonyl (C=O) groups is 1. The van der Waals surface area contributed by atoms with E-state index in [-0.39, 0.29) is 17.3 Å². The van der Waals surface area contributed by atoms with Crippen LogP contribution < -0.4 is 9.62 Å². The second-order valence-electron chi connectivity index (χ2n) is 9.27. The lowest BCUT2D eigenvalue weighted by Crippen LogP contribution is -2.34. The molecule has 0 aromatic heterocycles. The summed E-state index contributed by atoms with van der Waals surface area (Å²) in [6.45, 7) is 4.48. The van der Waals surface area contributed by atoms with E-state index in [1.807, 2.05) is 13.0 Å². The molecule has 5 nitrogen and oxygen atoms in total. The highest BCUT2D eigenvalue weighted by Gasteiger charge is 2.28. The Bertz CT molecular complexity index is 1520. The molecule has 0 aliphatic heterocycles. The summed E-state index contributed by atoms with van der Waals surface area (Å²) in [7, 11) is -3.98. The maximum Gasteiger partial charge on any atom is 0.264 e. The van der Waals surface area contributed by atoms with Crippen molar-refractivity contribution in [3.05, 3.63) is 130 Å². The minimum Gasteiger partial charge on any atom is -0.351 e. The standard InChI is InChI=1S/C31H31ClN2O3S2/c1-23-10-16-28(17-11-23)39(36,37)34(21-25-12-14-27(32)15-13-25)30-9-4-3-8-29(30)31(35)33-18-19-38-22-26-7-5-6-24(2)20-26/h3-17,20H,18-19,21-22H2,1-2H3,(H,33,35). The Morgan fingerprint density at radius 1 is 0.846 bits per heavy atom. The molecule has 0 aliphatic rings. The molecular weight excluding hydrogens is 548 g/mol. The van der Waals surface area contributed by atoms with Crippen molar-refractivity contribution < 1.29 is 13.2 Å². The summed E-state index contributed by atoms with van der Waals surface area (Å²) in [4.78, 5) is 13.5. The molecule has 4 rings (SSSR count). The summed E-state index contributed by atoms with van der Waals surface area (Å²) in [6, 6.07) is 28.9. The van der Waals surface area contributed by atoms with Crippen LogP contribution in [0.15, 0.2) is 102 Å². The highest BCUT2D eigenvalue weighted by atomic mass is 35.5. The van der Waals surface area contributed by atoms with Gasteiger partial charge in [0.25, 0.3) is 15.9 Å². The number of thioether (sulfide) groups is 1. The van der Waals surface area contributed by atoms with Gasteiger partial charge < -0.3 is 5.32 Å². The van der Waals surface area contributed by atoms with E-state index in [0.717, 1.165) is 22.6 Å². The zero-order valence-corrected chi connectivity index (χ0v) is 24.3. The molecule has 0 radical (unpaired) electrons. The van der Waals surface area contributed by atoms with E-state index < -0.39 is 10.0 Å². The second-order valence-corrected chi connectivity index (χ2v) is 12.7. The average Bonchev–Trinajstić information content (AvgIpc) is 2.92. The van der Waals surface area contributed by atoms with Crippen LogP contribution in [-0.2, 0) is 22.3 Å². The minimum atomic E-state index is -3.98. The van der Waals surface area contributed by atoms with Crippen LogP contribution in [0, 0.1) is 13.8 Å². The summed E-state index contributed by atoms with van der Waals surface area (Å²) in [6.07, 6.45) is 0. The first-order valence-corrected chi connectivity index (χ1v) is 15.6. The largest absolute Gasteiger partial charge is 0.351 e. The molecule has 4 aromatic rings. The Morgan fingerprint density at radius 3 is 2.28 bits per heavy atom. The van der Waals surface area contributed by atoms with Gasteiger partial charge in [0, 0.05) is 23.1 Å². The molecule has 1 N–H and O–H groups in total. The predicted octanol–water partition coefficient (Wildman–Crippen LogP) is 7.02. The van der Waals surface area contributed by atoms with Gasteiger partial charge in [-0.05, 0) is 61.4 Å². The number of rotatable bonds is 11. The van der Waals surface area contributed by atoms with E-state index in [2.05, 4.69) is 30.4 Å². The van der Waals surface area contributed by atoms with Crippen LogP contribution in [0.3, 0.4) is 0 Å². The zero-order chi connectivity index (χ0) is 27.8. The third-order valence-electron chi connectivity index (χ3n) is 6.15. The Kier molecular flexibility index (Phi) is 9.73. The predicted molar refractivity (Wildman–Crippen MR) is 162 cm³/mol. The molecular formula is C31H31ClN2O3S2. The Morgan fingerprint density at radius 2 is 1.56 bits per heavy atom. The van der Waals surface area contributed by atoms with E-state index >= 15 is 0 Å². The minimum absolute atomic E-state index is 0.0457. The molecule has 39 heavy (non-hydrogen) atoms. The third kappa shape index (κ3) is 7.66. The van der Waals surface area contributed by atoms with Gasteiger partial charge in [0.05, 0.1) is 22.7 Å². The summed E-state index contributed by atoms with van der Waals surface area (Å²) in [5.74, 6) is 1.28. The van der Waals surface area contributed by atoms with Crippen molar-refractivity contribution in [2.45, 2.75) is 31.0 Å². The van der Waals surface area contributed by atoms with Crippen molar-refractivity contribution in [1.29, 1.82) is 0 Å². The van der Waals surface area contributed by atoms with Crippen LogP contribution >= 0.6 is 23.4 Å². The van der Waals surface area contributed by atoms with Crippen molar-refractivity contribution in [3.8, 4) is 0 Å². The molecule has 8 heteroatoms. The zero-order valence-electron chi connectivity index (χ0n) is 21.9. The molecule has 1 amide bonds. The van der Waals surface area contributed by atoms with E-state index in [1.165, 1.54) is 15.4 Å². The van der Waals surface area contributed by atoms with Crippen molar-refractivity contribution >= 4 is 45.0 Å². The first-order chi connectivity index (χ1) is 18.7. The molecule has 0 aliphatic carbocycles. The number of amides is 1.